The summed E-state index contributed by atoms with van der Waals surface area (Å²) in [5, 5.41) is 11.0. The number of rotatable bonds is 8. The summed E-state index contributed by atoms with van der Waals surface area (Å²) in [5.41, 5.74) is 7.31. The van der Waals surface area contributed by atoms with E-state index in [0.717, 1.165) is 18.4 Å². The van der Waals surface area contributed by atoms with Crippen LogP contribution in [0.5, 0.6) is 0 Å². The van der Waals surface area contributed by atoms with Gasteiger partial charge in [0.1, 0.15) is 0 Å². The quantitative estimate of drug-likeness (QED) is 0.469. The zero-order valence-corrected chi connectivity index (χ0v) is 16.0. The summed E-state index contributed by atoms with van der Waals surface area (Å²) in [5.74, 6) is -0.629. The molecule has 1 aromatic carbocycles. The zero-order valence-electron chi connectivity index (χ0n) is 16.0. The molecule has 4 amide bonds. The molecule has 1 aliphatic rings. The van der Waals surface area contributed by atoms with E-state index in [2.05, 4.69) is 21.3 Å². The van der Waals surface area contributed by atoms with E-state index >= 15 is 0 Å². The van der Waals surface area contributed by atoms with E-state index in [9.17, 15) is 14.4 Å². The minimum Gasteiger partial charge on any atom is -0.348 e. The first-order chi connectivity index (χ1) is 12.8. The van der Waals surface area contributed by atoms with Crippen molar-refractivity contribution in [3.63, 3.8) is 0 Å². The average molecular weight is 375 g/mol. The van der Waals surface area contributed by atoms with Crippen LogP contribution < -0.4 is 27.0 Å². The van der Waals surface area contributed by atoms with E-state index in [1.807, 2.05) is 32.9 Å². The maximum absolute atomic E-state index is 12.0. The van der Waals surface area contributed by atoms with E-state index in [4.69, 9.17) is 5.73 Å². The van der Waals surface area contributed by atoms with Gasteiger partial charge in [-0.25, -0.2) is 4.79 Å². The topological polar surface area (TPSA) is 125 Å². The minimum absolute atomic E-state index is 0.00506. The van der Waals surface area contributed by atoms with Crippen LogP contribution in [0.3, 0.4) is 0 Å². The first-order valence-electron chi connectivity index (χ1n) is 9.26. The number of carbonyl (C=O) groups excluding carboxylic acids is 3. The Bertz CT molecular complexity index is 670. The van der Waals surface area contributed by atoms with Gasteiger partial charge < -0.3 is 27.0 Å². The Hall–Kier alpha value is -2.61. The zero-order chi connectivity index (χ0) is 20.0. The number of urea groups is 1. The summed E-state index contributed by atoms with van der Waals surface area (Å²) in [4.78, 5) is 35.5. The molecule has 0 spiro atoms. The maximum atomic E-state index is 12.0. The first kappa shape index (κ1) is 20.7. The SMILES string of the molecule is CC(NC(=O)CNC(=O)[C@@H](N)C(C)C)c1ccc(NC(=O)NC2CC2)cc1. The summed E-state index contributed by atoms with van der Waals surface area (Å²) in [6, 6.07) is 6.48. The fourth-order valence-electron chi connectivity index (χ4n) is 2.40. The molecular weight excluding hydrogens is 346 g/mol. The summed E-state index contributed by atoms with van der Waals surface area (Å²) < 4.78 is 0. The van der Waals surface area contributed by atoms with Gasteiger partial charge in [0.05, 0.1) is 18.6 Å². The second-order valence-corrected chi connectivity index (χ2v) is 7.27. The number of anilines is 1. The van der Waals surface area contributed by atoms with Crippen molar-refractivity contribution in [2.75, 3.05) is 11.9 Å². The van der Waals surface area contributed by atoms with Crippen LogP contribution in [0.25, 0.3) is 0 Å². The number of nitrogens with one attached hydrogen (secondary N) is 4. The fraction of sp³-hybridized carbons (Fsp3) is 0.526. The largest absolute Gasteiger partial charge is 0.348 e. The van der Waals surface area contributed by atoms with E-state index in [-0.39, 0.29) is 36.3 Å². The van der Waals surface area contributed by atoms with Crippen molar-refractivity contribution < 1.29 is 14.4 Å². The van der Waals surface area contributed by atoms with Crippen LogP contribution in [0.1, 0.15) is 45.2 Å². The maximum Gasteiger partial charge on any atom is 0.319 e. The van der Waals surface area contributed by atoms with Gasteiger partial charge >= 0.3 is 6.03 Å². The lowest BCUT2D eigenvalue weighted by atomic mass is 10.1. The second-order valence-electron chi connectivity index (χ2n) is 7.27. The highest BCUT2D eigenvalue weighted by Gasteiger charge is 2.23. The van der Waals surface area contributed by atoms with Gasteiger partial charge in [-0.2, -0.15) is 0 Å². The highest BCUT2D eigenvalue weighted by Crippen LogP contribution is 2.19. The molecule has 8 heteroatoms. The van der Waals surface area contributed by atoms with Crippen molar-refractivity contribution >= 4 is 23.5 Å². The predicted octanol–water partition coefficient (Wildman–Crippen LogP) is 1.25. The standard InChI is InChI=1S/C19H29N5O3/c1-11(2)17(20)18(26)21-10-16(25)22-12(3)13-4-6-14(7-5-13)23-19(27)24-15-8-9-15/h4-7,11-12,15,17H,8-10,20H2,1-3H3,(H,21,26)(H,22,25)(H2,23,24,27)/t12?,17-/m0/s1. The smallest absolute Gasteiger partial charge is 0.319 e. The molecule has 1 fully saturated rings. The third-order valence-corrected chi connectivity index (χ3v) is 4.40. The van der Waals surface area contributed by atoms with Crippen molar-refractivity contribution in [1.29, 1.82) is 0 Å². The Balaban J connectivity index is 1.77. The molecule has 0 aliphatic heterocycles. The molecule has 2 atom stereocenters. The third-order valence-electron chi connectivity index (χ3n) is 4.40. The van der Waals surface area contributed by atoms with Gasteiger partial charge in [-0.05, 0) is 43.4 Å². The Morgan fingerprint density at radius 1 is 1.11 bits per heavy atom. The van der Waals surface area contributed by atoms with Crippen LogP contribution in [-0.4, -0.2) is 36.5 Å². The third kappa shape index (κ3) is 6.90. The number of nitrogens with two attached hydrogens (primary N) is 1. The lowest BCUT2D eigenvalue weighted by molar-refractivity contribution is -0.127. The molecule has 1 unspecified atom stereocenters. The molecule has 6 N–H and O–H groups in total. The van der Waals surface area contributed by atoms with Crippen LogP contribution in [-0.2, 0) is 9.59 Å². The fourth-order valence-corrected chi connectivity index (χ4v) is 2.40. The monoisotopic (exact) mass is 375 g/mol. The van der Waals surface area contributed by atoms with Gasteiger partial charge in [-0.15, -0.1) is 0 Å². The molecule has 0 aromatic heterocycles. The Labute approximate surface area is 159 Å². The summed E-state index contributed by atoms with van der Waals surface area (Å²) >= 11 is 0. The van der Waals surface area contributed by atoms with E-state index in [0.29, 0.717) is 11.7 Å². The lowest BCUT2D eigenvalue weighted by Crippen LogP contribution is -2.47. The van der Waals surface area contributed by atoms with Crippen LogP contribution in [0, 0.1) is 5.92 Å². The van der Waals surface area contributed by atoms with Crippen molar-refractivity contribution in [3.05, 3.63) is 29.8 Å². The van der Waals surface area contributed by atoms with Crippen molar-refractivity contribution in [2.24, 2.45) is 11.7 Å². The van der Waals surface area contributed by atoms with Crippen molar-refractivity contribution in [1.82, 2.24) is 16.0 Å². The van der Waals surface area contributed by atoms with Crippen LogP contribution in [0.15, 0.2) is 24.3 Å². The lowest BCUT2D eigenvalue weighted by Gasteiger charge is -2.17. The number of carbonyl (C=O) groups is 3. The molecule has 0 radical (unpaired) electrons. The molecule has 1 aliphatic carbocycles. The molecule has 8 nitrogen and oxygen atoms in total. The second kappa shape index (κ2) is 9.36. The van der Waals surface area contributed by atoms with Gasteiger partial charge in [0.25, 0.3) is 0 Å². The van der Waals surface area contributed by atoms with E-state index in [1.54, 1.807) is 12.1 Å². The van der Waals surface area contributed by atoms with Crippen molar-refractivity contribution in [3.8, 4) is 0 Å². The van der Waals surface area contributed by atoms with E-state index in [1.165, 1.54) is 0 Å². The van der Waals surface area contributed by atoms with Gasteiger partial charge in [0, 0.05) is 11.7 Å². The van der Waals surface area contributed by atoms with Crippen molar-refractivity contribution in [2.45, 2.75) is 51.7 Å². The normalized spacial score (nSPS) is 15.6. The number of hydrogen-bond acceptors (Lipinski definition) is 4. The molecule has 0 heterocycles. The molecule has 0 saturated heterocycles. The van der Waals surface area contributed by atoms with Gasteiger partial charge in [-0.3, -0.25) is 9.59 Å². The van der Waals surface area contributed by atoms with Crippen LogP contribution in [0.4, 0.5) is 10.5 Å². The summed E-state index contributed by atoms with van der Waals surface area (Å²) in [6.07, 6.45) is 2.07. The Morgan fingerprint density at radius 3 is 2.30 bits per heavy atom. The molecule has 0 bridgehead atoms. The number of benzene rings is 1. The Kier molecular flexibility index (Phi) is 7.18. The summed E-state index contributed by atoms with van der Waals surface area (Å²) in [6.45, 7) is 5.42. The minimum atomic E-state index is -0.632. The van der Waals surface area contributed by atoms with Gasteiger partial charge in [0.15, 0.2) is 0 Å². The molecule has 2 rings (SSSR count). The van der Waals surface area contributed by atoms with Crippen LogP contribution in [0.2, 0.25) is 0 Å². The highest BCUT2D eigenvalue weighted by molar-refractivity contribution is 5.89. The van der Waals surface area contributed by atoms with Gasteiger partial charge in [0.2, 0.25) is 11.8 Å². The van der Waals surface area contributed by atoms with E-state index < -0.39 is 6.04 Å². The first-order valence-corrected chi connectivity index (χ1v) is 9.26. The highest BCUT2D eigenvalue weighted by atomic mass is 16.2. The molecule has 1 saturated carbocycles. The molecular formula is C19H29N5O3. The number of amides is 4. The van der Waals surface area contributed by atoms with Crippen LogP contribution >= 0.6 is 0 Å². The summed E-state index contributed by atoms with van der Waals surface area (Å²) in [7, 11) is 0. The predicted molar refractivity (Wildman–Crippen MR) is 104 cm³/mol. The molecule has 1 aromatic rings. The Morgan fingerprint density at radius 2 is 1.74 bits per heavy atom. The molecule has 148 valence electrons. The number of hydrogen-bond donors (Lipinski definition) is 5. The average Bonchev–Trinajstić information content (AvgIpc) is 3.43. The molecule has 27 heavy (non-hydrogen) atoms. The van der Waals surface area contributed by atoms with Gasteiger partial charge in [-0.1, -0.05) is 26.0 Å².